The third-order valence-corrected chi connectivity index (χ3v) is 4.67. The van der Waals surface area contributed by atoms with Crippen molar-refractivity contribution in [2.24, 2.45) is 0 Å². The molecule has 0 saturated heterocycles. The molecular weight excluding hydrogens is 346 g/mol. The fraction of sp³-hybridized carbons (Fsp3) is 0.250. The summed E-state index contributed by atoms with van der Waals surface area (Å²) in [6, 6.07) is 17.2. The Morgan fingerprint density at radius 3 is 2.58 bits per heavy atom. The van der Waals surface area contributed by atoms with Gasteiger partial charge in [0.05, 0.1) is 10.9 Å². The third kappa shape index (κ3) is 4.08. The summed E-state index contributed by atoms with van der Waals surface area (Å²) in [4.78, 5) is 29.7. The molecule has 6 heteroatoms. The fourth-order valence-electron chi connectivity index (χ4n) is 2.93. The molecular formula is C20H21N3O2S. The predicted octanol–water partition coefficient (Wildman–Crippen LogP) is 3.50. The van der Waals surface area contributed by atoms with E-state index in [1.54, 1.807) is 18.0 Å². The van der Waals surface area contributed by atoms with Crippen molar-refractivity contribution >= 4 is 29.0 Å². The first kappa shape index (κ1) is 18.1. The zero-order valence-electron chi connectivity index (χ0n) is 14.6. The average molecular weight is 367 g/mol. The average Bonchev–Trinajstić information content (AvgIpc) is 2.65. The molecule has 0 radical (unpaired) electrons. The topological polar surface area (TPSA) is 58.1 Å². The highest BCUT2D eigenvalue weighted by Crippen LogP contribution is 2.08. The van der Waals surface area contributed by atoms with Gasteiger partial charge in [-0.05, 0) is 36.3 Å². The van der Waals surface area contributed by atoms with E-state index in [-0.39, 0.29) is 11.5 Å². The Kier molecular flexibility index (Phi) is 5.63. The van der Waals surface area contributed by atoms with Crippen molar-refractivity contribution in [2.75, 3.05) is 7.05 Å². The molecule has 0 aliphatic carbocycles. The molecule has 134 valence electrons. The van der Waals surface area contributed by atoms with Gasteiger partial charge < -0.3 is 9.88 Å². The van der Waals surface area contributed by atoms with Gasteiger partial charge in [0.25, 0.3) is 5.56 Å². The molecule has 0 bridgehead atoms. The highest BCUT2D eigenvalue weighted by Gasteiger charge is 2.10. The molecule has 3 aromatic rings. The van der Waals surface area contributed by atoms with Crippen molar-refractivity contribution in [3.05, 3.63) is 75.3 Å². The minimum absolute atomic E-state index is 0.0533. The van der Waals surface area contributed by atoms with Gasteiger partial charge in [-0.1, -0.05) is 42.5 Å². The summed E-state index contributed by atoms with van der Waals surface area (Å²) in [7, 11) is 1.80. The van der Waals surface area contributed by atoms with Crippen molar-refractivity contribution in [3.63, 3.8) is 0 Å². The van der Waals surface area contributed by atoms with Crippen LogP contribution in [0.25, 0.3) is 10.9 Å². The van der Waals surface area contributed by atoms with Gasteiger partial charge in [-0.2, -0.15) is 0 Å². The van der Waals surface area contributed by atoms with E-state index >= 15 is 0 Å². The molecule has 0 atom stereocenters. The summed E-state index contributed by atoms with van der Waals surface area (Å²) in [6.07, 6.45) is 0.936. The summed E-state index contributed by atoms with van der Waals surface area (Å²) in [5.74, 6) is 0.0533. The number of amides is 1. The number of H-pyrrole nitrogens is 1. The highest BCUT2D eigenvalue weighted by atomic mass is 32.1. The first-order valence-electron chi connectivity index (χ1n) is 8.56. The maximum Gasteiger partial charge on any atom is 0.262 e. The molecule has 0 spiro atoms. The molecule has 1 N–H and O–H groups in total. The maximum atomic E-state index is 12.6. The van der Waals surface area contributed by atoms with Crippen LogP contribution in [0.1, 0.15) is 18.4 Å². The quantitative estimate of drug-likeness (QED) is 0.679. The van der Waals surface area contributed by atoms with Crippen molar-refractivity contribution in [1.82, 2.24) is 14.5 Å². The Morgan fingerprint density at radius 1 is 1.12 bits per heavy atom. The number of nitrogens with zero attached hydrogens (tertiary/aromatic N) is 2. The van der Waals surface area contributed by atoms with Crippen LogP contribution in [-0.2, 0) is 17.9 Å². The maximum absolute atomic E-state index is 12.6. The number of nitrogens with one attached hydrogen (secondary N) is 1. The number of carbonyl (C=O) groups is 1. The zero-order valence-corrected chi connectivity index (χ0v) is 15.5. The van der Waals surface area contributed by atoms with E-state index in [0.717, 1.165) is 11.1 Å². The van der Waals surface area contributed by atoms with Crippen LogP contribution in [0.4, 0.5) is 0 Å². The lowest BCUT2D eigenvalue weighted by Gasteiger charge is -2.17. The Hall–Kier alpha value is -2.73. The molecule has 0 aliphatic rings. The second-order valence-corrected chi connectivity index (χ2v) is 6.66. The van der Waals surface area contributed by atoms with Crippen LogP contribution in [0, 0.1) is 4.77 Å². The van der Waals surface area contributed by atoms with Crippen molar-refractivity contribution < 1.29 is 4.79 Å². The molecule has 1 aromatic heterocycles. The van der Waals surface area contributed by atoms with E-state index in [4.69, 9.17) is 12.2 Å². The van der Waals surface area contributed by atoms with Crippen LogP contribution in [-0.4, -0.2) is 27.4 Å². The molecule has 0 aliphatic heterocycles. The number of fused-ring (bicyclic) bond motifs is 1. The zero-order chi connectivity index (χ0) is 18.5. The Labute approximate surface area is 156 Å². The first-order valence-corrected chi connectivity index (χ1v) is 8.97. The smallest absolute Gasteiger partial charge is 0.262 e. The summed E-state index contributed by atoms with van der Waals surface area (Å²) in [6.45, 7) is 1.000. The Bertz CT molecular complexity index is 1020. The molecule has 3 rings (SSSR count). The number of aromatic nitrogens is 2. The van der Waals surface area contributed by atoms with Crippen LogP contribution < -0.4 is 5.56 Å². The van der Waals surface area contributed by atoms with Crippen molar-refractivity contribution in [2.45, 2.75) is 25.9 Å². The number of hydrogen-bond donors (Lipinski definition) is 1. The number of carbonyl (C=O) groups excluding carboxylic acids is 1. The minimum Gasteiger partial charge on any atom is -0.341 e. The van der Waals surface area contributed by atoms with Gasteiger partial charge in [0, 0.05) is 26.6 Å². The van der Waals surface area contributed by atoms with E-state index in [1.165, 1.54) is 4.57 Å². The third-order valence-electron chi connectivity index (χ3n) is 4.35. The second kappa shape index (κ2) is 8.10. The molecule has 5 nitrogen and oxygen atoms in total. The van der Waals surface area contributed by atoms with E-state index < -0.39 is 0 Å². The molecule has 1 heterocycles. The highest BCUT2D eigenvalue weighted by molar-refractivity contribution is 7.71. The normalized spacial score (nSPS) is 10.8. The van der Waals surface area contributed by atoms with Crippen LogP contribution in [0.5, 0.6) is 0 Å². The first-order chi connectivity index (χ1) is 12.6. The molecule has 26 heavy (non-hydrogen) atoms. The Balaban J connectivity index is 1.63. The molecule has 2 aromatic carbocycles. The largest absolute Gasteiger partial charge is 0.341 e. The number of aromatic amines is 1. The van der Waals surface area contributed by atoms with E-state index in [9.17, 15) is 9.59 Å². The van der Waals surface area contributed by atoms with Crippen LogP contribution >= 0.6 is 12.2 Å². The number of benzene rings is 2. The van der Waals surface area contributed by atoms with Crippen molar-refractivity contribution in [1.29, 1.82) is 0 Å². The summed E-state index contributed by atoms with van der Waals surface area (Å²) >= 11 is 5.30. The molecule has 0 fully saturated rings. The standard InChI is InChI=1S/C20H21N3O2S/c1-22(14-15-8-3-2-4-9-15)18(24)12-7-13-23-19(25)16-10-5-6-11-17(16)21-20(23)26/h2-6,8-11H,7,12-14H2,1H3,(H,21,26). The summed E-state index contributed by atoms with van der Waals surface area (Å²) in [5.41, 5.74) is 1.71. The summed E-state index contributed by atoms with van der Waals surface area (Å²) in [5, 5.41) is 0.605. The second-order valence-electron chi connectivity index (χ2n) is 6.27. The van der Waals surface area contributed by atoms with E-state index in [1.807, 2.05) is 48.5 Å². The van der Waals surface area contributed by atoms with Gasteiger partial charge in [0.1, 0.15) is 0 Å². The predicted molar refractivity (Wildman–Crippen MR) is 106 cm³/mol. The van der Waals surface area contributed by atoms with Gasteiger partial charge in [-0.25, -0.2) is 0 Å². The number of hydrogen-bond acceptors (Lipinski definition) is 3. The molecule has 0 unspecified atom stereocenters. The Morgan fingerprint density at radius 2 is 1.81 bits per heavy atom. The lowest BCUT2D eigenvalue weighted by atomic mass is 10.2. The monoisotopic (exact) mass is 367 g/mol. The number of para-hydroxylation sites is 1. The van der Waals surface area contributed by atoms with Crippen LogP contribution in [0.2, 0.25) is 0 Å². The lowest BCUT2D eigenvalue weighted by molar-refractivity contribution is -0.130. The number of rotatable bonds is 6. The van der Waals surface area contributed by atoms with Gasteiger partial charge >= 0.3 is 0 Å². The van der Waals surface area contributed by atoms with Gasteiger partial charge in [-0.3, -0.25) is 14.2 Å². The van der Waals surface area contributed by atoms with Crippen LogP contribution in [0.15, 0.2) is 59.4 Å². The van der Waals surface area contributed by atoms with E-state index in [2.05, 4.69) is 4.98 Å². The van der Waals surface area contributed by atoms with Gasteiger partial charge in [0.15, 0.2) is 4.77 Å². The molecule has 0 saturated carbocycles. The molecule has 1 amide bonds. The fourth-order valence-corrected chi connectivity index (χ4v) is 3.21. The van der Waals surface area contributed by atoms with Gasteiger partial charge in [-0.15, -0.1) is 0 Å². The lowest BCUT2D eigenvalue weighted by Crippen LogP contribution is -2.27. The SMILES string of the molecule is CN(Cc1ccccc1)C(=O)CCCn1c(=S)[nH]c2ccccc2c1=O. The summed E-state index contributed by atoms with van der Waals surface area (Å²) < 4.78 is 1.92. The van der Waals surface area contributed by atoms with Crippen LogP contribution in [0.3, 0.4) is 0 Å². The minimum atomic E-state index is -0.116. The van der Waals surface area contributed by atoms with E-state index in [0.29, 0.717) is 36.1 Å². The van der Waals surface area contributed by atoms with Crippen molar-refractivity contribution in [3.8, 4) is 0 Å². The van der Waals surface area contributed by atoms with Gasteiger partial charge in [0.2, 0.25) is 5.91 Å².